The summed E-state index contributed by atoms with van der Waals surface area (Å²) < 4.78 is 5.20. The first-order chi connectivity index (χ1) is 8.52. The molecule has 1 N–H and O–H groups in total. The van der Waals surface area contributed by atoms with Gasteiger partial charge in [0.15, 0.2) is 0 Å². The van der Waals surface area contributed by atoms with E-state index in [-0.39, 0.29) is 18.8 Å². The van der Waals surface area contributed by atoms with Crippen molar-refractivity contribution < 1.29 is 14.6 Å². The van der Waals surface area contributed by atoms with E-state index in [0.717, 1.165) is 11.3 Å². The van der Waals surface area contributed by atoms with Gasteiger partial charge in [0.05, 0.1) is 24.4 Å². The van der Waals surface area contributed by atoms with Crippen LogP contribution in [0.2, 0.25) is 5.02 Å². The summed E-state index contributed by atoms with van der Waals surface area (Å²) in [5.74, 6) is 0. The number of carbonyl (C=O) groups is 1. The third kappa shape index (κ3) is 2.44. The highest BCUT2D eigenvalue weighted by molar-refractivity contribution is 6.30. The van der Waals surface area contributed by atoms with Crippen LogP contribution in [0.3, 0.4) is 0 Å². The molecule has 1 aromatic carbocycles. The van der Waals surface area contributed by atoms with Gasteiger partial charge in [0.1, 0.15) is 0 Å². The summed E-state index contributed by atoms with van der Waals surface area (Å²) in [4.78, 5) is 13.5. The zero-order valence-corrected chi connectivity index (χ0v) is 11.1. The van der Waals surface area contributed by atoms with E-state index in [1.165, 1.54) is 4.90 Å². The Hall–Kier alpha value is -1.26. The van der Waals surface area contributed by atoms with Gasteiger partial charge in [-0.3, -0.25) is 4.90 Å². The van der Waals surface area contributed by atoms with E-state index < -0.39 is 6.09 Å². The van der Waals surface area contributed by atoms with Crippen molar-refractivity contribution >= 4 is 23.4 Å². The van der Waals surface area contributed by atoms with Crippen LogP contribution in [0.25, 0.3) is 0 Å². The van der Waals surface area contributed by atoms with Gasteiger partial charge in [0.2, 0.25) is 0 Å². The molecule has 0 saturated carbocycles. The normalized spacial score (nSPS) is 18.1. The van der Waals surface area contributed by atoms with Crippen molar-refractivity contribution in [2.75, 3.05) is 11.5 Å². The van der Waals surface area contributed by atoms with E-state index in [9.17, 15) is 9.90 Å². The Labute approximate surface area is 111 Å². The highest BCUT2D eigenvalue weighted by atomic mass is 35.5. The molecule has 1 unspecified atom stereocenters. The van der Waals surface area contributed by atoms with Crippen molar-refractivity contribution in [2.45, 2.75) is 32.4 Å². The van der Waals surface area contributed by atoms with Crippen LogP contribution in [0, 0.1) is 0 Å². The van der Waals surface area contributed by atoms with Crippen LogP contribution in [0.15, 0.2) is 18.2 Å². The van der Waals surface area contributed by atoms with Crippen LogP contribution in [0.1, 0.15) is 19.4 Å². The zero-order chi connectivity index (χ0) is 13.3. The smallest absolute Gasteiger partial charge is 0.414 e. The molecule has 1 heterocycles. The molecule has 1 aromatic rings. The third-order valence-corrected chi connectivity index (χ3v) is 3.10. The standard InChI is InChI=1S/C13H16ClNO3/c1-8(2)18-13(17)15-11(7-16)6-9-5-10(14)3-4-12(9)15/h3-5,8,11,16H,6-7H2,1-2H3. The van der Waals surface area contributed by atoms with Gasteiger partial charge in [-0.25, -0.2) is 4.79 Å². The first-order valence-corrected chi connectivity index (χ1v) is 6.30. The summed E-state index contributed by atoms with van der Waals surface area (Å²) >= 11 is 5.93. The Kier molecular flexibility index (Phi) is 3.78. The monoisotopic (exact) mass is 269 g/mol. The fourth-order valence-corrected chi connectivity index (χ4v) is 2.34. The summed E-state index contributed by atoms with van der Waals surface area (Å²) in [6.45, 7) is 3.49. The number of amides is 1. The van der Waals surface area contributed by atoms with Crippen LogP contribution < -0.4 is 4.90 Å². The van der Waals surface area contributed by atoms with Crippen molar-refractivity contribution in [1.29, 1.82) is 0 Å². The van der Waals surface area contributed by atoms with Crippen molar-refractivity contribution in [3.8, 4) is 0 Å². The number of aliphatic hydroxyl groups is 1. The van der Waals surface area contributed by atoms with E-state index in [1.54, 1.807) is 26.0 Å². The van der Waals surface area contributed by atoms with Crippen molar-refractivity contribution in [3.63, 3.8) is 0 Å². The minimum atomic E-state index is -0.426. The Bertz CT molecular complexity index is 462. The quantitative estimate of drug-likeness (QED) is 0.898. The lowest BCUT2D eigenvalue weighted by Gasteiger charge is -2.24. The van der Waals surface area contributed by atoms with Crippen molar-refractivity contribution in [2.24, 2.45) is 0 Å². The summed E-state index contributed by atoms with van der Waals surface area (Å²) in [6.07, 6.45) is -0.0159. The summed E-state index contributed by atoms with van der Waals surface area (Å²) in [5.41, 5.74) is 1.73. The molecule has 1 aliphatic rings. The van der Waals surface area contributed by atoms with Gasteiger partial charge in [-0.05, 0) is 44.0 Å². The molecule has 18 heavy (non-hydrogen) atoms. The van der Waals surface area contributed by atoms with Gasteiger partial charge in [-0.15, -0.1) is 0 Å². The minimum absolute atomic E-state index is 0.0977. The van der Waals surface area contributed by atoms with Crippen molar-refractivity contribution in [1.82, 2.24) is 0 Å². The van der Waals surface area contributed by atoms with Gasteiger partial charge in [0, 0.05) is 5.02 Å². The molecule has 0 bridgehead atoms. The Morgan fingerprint density at radius 1 is 1.61 bits per heavy atom. The maximum atomic E-state index is 12.0. The second kappa shape index (κ2) is 5.16. The second-order valence-corrected chi connectivity index (χ2v) is 5.05. The molecular formula is C13H16ClNO3. The molecule has 5 heteroatoms. The molecule has 1 atom stereocenters. The minimum Gasteiger partial charge on any atom is -0.446 e. The number of fused-ring (bicyclic) bond motifs is 1. The fraction of sp³-hybridized carbons (Fsp3) is 0.462. The molecular weight excluding hydrogens is 254 g/mol. The number of benzene rings is 1. The molecule has 98 valence electrons. The number of nitrogens with zero attached hydrogens (tertiary/aromatic N) is 1. The van der Waals surface area contributed by atoms with E-state index >= 15 is 0 Å². The van der Waals surface area contributed by atoms with Gasteiger partial charge in [-0.1, -0.05) is 11.6 Å². The first-order valence-electron chi connectivity index (χ1n) is 5.92. The van der Waals surface area contributed by atoms with Crippen LogP contribution in [0.4, 0.5) is 10.5 Å². The van der Waals surface area contributed by atoms with Gasteiger partial charge in [0.25, 0.3) is 0 Å². The summed E-state index contributed by atoms with van der Waals surface area (Å²) in [6, 6.07) is 5.07. The number of halogens is 1. The molecule has 0 aromatic heterocycles. The molecule has 0 spiro atoms. The molecule has 0 fully saturated rings. The number of hydrogen-bond donors (Lipinski definition) is 1. The highest BCUT2D eigenvalue weighted by Gasteiger charge is 2.34. The Morgan fingerprint density at radius 3 is 2.94 bits per heavy atom. The topological polar surface area (TPSA) is 49.8 Å². The number of hydrogen-bond acceptors (Lipinski definition) is 3. The average molecular weight is 270 g/mol. The molecule has 1 amide bonds. The van der Waals surface area contributed by atoms with Crippen LogP contribution in [0.5, 0.6) is 0 Å². The summed E-state index contributed by atoms with van der Waals surface area (Å²) in [7, 11) is 0. The van der Waals surface area contributed by atoms with Crippen LogP contribution in [-0.4, -0.2) is 30.0 Å². The molecule has 2 rings (SSSR count). The lowest BCUT2D eigenvalue weighted by Crippen LogP contribution is -2.41. The van der Waals surface area contributed by atoms with Gasteiger partial charge < -0.3 is 9.84 Å². The number of ether oxygens (including phenoxy) is 1. The largest absolute Gasteiger partial charge is 0.446 e. The maximum Gasteiger partial charge on any atom is 0.414 e. The number of carbonyl (C=O) groups excluding carboxylic acids is 1. The Morgan fingerprint density at radius 2 is 2.33 bits per heavy atom. The average Bonchev–Trinajstić information content (AvgIpc) is 2.65. The zero-order valence-electron chi connectivity index (χ0n) is 10.4. The fourth-order valence-electron chi connectivity index (χ4n) is 2.15. The van der Waals surface area contributed by atoms with E-state index in [4.69, 9.17) is 16.3 Å². The molecule has 1 aliphatic heterocycles. The number of anilines is 1. The highest BCUT2D eigenvalue weighted by Crippen LogP contribution is 2.34. The van der Waals surface area contributed by atoms with Gasteiger partial charge in [-0.2, -0.15) is 0 Å². The lowest BCUT2D eigenvalue weighted by atomic mass is 10.1. The maximum absolute atomic E-state index is 12.0. The SMILES string of the molecule is CC(C)OC(=O)N1c2ccc(Cl)cc2CC1CO. The van der Waals surface area contributed by atoms with E-state index in [1.807, 2.05) is 6.07 Å². The molecule has 0 aliphatic carbocycles. The molecule has 4 nitrogen and oxygen atoms in total. The number of rotatable bonds is 2. The third-order valence-electron chi connectivity index (χ3n) is 2.87. The van der Waals surface area contributed by atoms with Crippen LogP contribution in [-0.2, 0) is 11.2 Å². The Balaban J connectivity index is 2.31. The summed E-state index contributed by atoms with van der Waals surface area (Å²) in [5, 5.41) is 10.0. The predicted octanol–water partition coefficient (Wildman–Crippen LogP) is 2.61. The van der Waals surface area contributed by atoms with Gasteiger partial charge >= 0.3 is 6.09 Å². The van der Waals surface area contributed by atoms with Crippen molar-refractivity contribution in [3.05, 3.63) is 28.8 Å². The lowest BCUT2D eigenvalue weighted by molar-refractivity contribution is 0.118. The predicted molar refractivity (Wildman–Crippen MR) is 70.1 cm³/mol. The van der Waals surface area contributed by atoms with E-state index in [2.05, 4.69) is 0 Å². The van der Waals surface area contributed by atoms with Crippen LogP contribution >= 0.6 is 11.6 Å². The number of aliphatic hydroxyl groups excluding tert-OH is 1. The first kappa shape index (κ1) is 13.2. The van der Waals surface area contributed by atoms with E-state index in [0.29, 0.717) is 11.4 Å². The molecule has 0 radical (unpaired) electrons. The second-order valence-electron chi connectivity index (χ2n) is 4.62. The molecule has 0 saturated heterocycles.